The molecule has 2 nitrogen and oxygen atoms in total. The fourth-order valence-electron chi connectivity index (χ4n) is 3.29. The van der Waals surface area contributed by atoms with Crippen molar-refractivity contribution >= 4 is 0 Å². The van der Waals surface area contributed by atoms with Crippen LogP contribution in [0.15, 0.2) is 48.5 Å². The van der Waals surface area contributed by atoms with Gasteiger partial charge in [-0.2, -0.15) is 0 Å². The lowest BCUT2D eigenvalue weighted by molar-refractivity contribution is 0.0657. The Morgan fingerprint density at radius 2 is 1.81 bits per heavy atom. The highest BCUT2D eigenvalue weighted by atomic mass is 16.5. The molecule has 2 aromatic rings. The first-order valence-electron chi connectivity index (χ1n) is 7.25. The average Bonchev–Trinajstić information content (AvgIpc) is 3.12. The predicted octanol–water partition coefficient (Wildman–Crippen LogP) is 3.88. The van der Waals surface area contributed by atoms with E-state index in [4.69, 9.17) is 9.47 Å². The highest BCUT2D eigenvalue weighted by molar-refractivity contribution is 5.47. The number of benzene rings is 2. The smallest absolute Gasteiger partial charge is 0.134 e. The first-order valence-corrected chi connectivity index (χ1v) is 7.25. The average molecular weight is 276 g/mol. The van der Waals surface area contributed by atoms with Crippen LogP contribution < -0.4 is 4.74 Å². The molecule has 21 heavy (non-hydrogen) atoms. The highest BCUT2D eigenvalue weighted by Gasteiger charge is 2.44. The summed E-state index contributed by atoms with van der Waals surface area (Å²) in [5, 5.41) is 0. The number of hydrogen-bond acceptors (Lipinski definition) is 2. The Hall–Kier alpha value is -2.24. The van der Waals surface area contributed by atoms with Crippen LogP contribution in [0.1, 0.15) is 35.3 Å². The molecule has 0 amide bonds. The zero-order valence-electron chi connectivity index (χ0n) is 11.9. The summed E-state index contributed by atoms with van der Waals surface area (Å²) in [4.78, 5) is 0. The zero-order chi connectivity index (χ0) is 14.2. The van der Waals surface area contributed by atoms with Crippen molar-refractivity contribution in [3.8, 4) is 17.6 Å². The Morgan fingerprint density at radius 1 is 1.05 bits per heavy atom. The topological polar surface area (TPSA) is 18.5 Å². The van der Waals surface area contributed by atoms with E-state index in [0.717, 1.165) is 17.7 Å². The first-order chi connectivity index (χ1) is 10.4. The summed E-state index contributed by atoms with van der Waals surface area (Å²) in [6, 6.07) is 16.4. The van der Waals surface area contributed by atoms with Crippen LogP contribution in [0.25, 0.3) is 0 Å². The van der Waals surface area contributed by atoms with Crippen molar-refractivity contribution < 1.29 is 9.47 Å². The summed E-state index contributed by atoms with van der Waals surface area (Å²) in [7, 11) is 1.68. The summed E-state index contributed by atoms with van der Waals surface area (Å²) < 4.78 is 11.4. The van der Waals surface area contributed by atoms with Gasteiger partial charge in [0, 0.05) is 0 Å². The molecule has 0 aliphatic carbocycles. The van der Waals surface area contributed by atoms with Gasteiger partial charge in [-0.15, -0.1) is 0 Å². The summed E-state index contributed by atoms with van der Waals surface area (Å²) in [5.74, 6) is 7.76. The molecule has 0 radical (unpaired) electrons. The first kappa shape index (κ1) is 12.5. The molecule has 2 aliphatic heterocycles. The zero-order valence-corrected chi connectivity index (χ0v) is 11.9. The van der Waals surface area contributed by atoms with E-state index in [1.54, 1.807) is 7.11 Å². The van der Waals surface area contributed by atoms with Gasteiger partial charge in [-0.1, -0.05) is 48.2 Å². The van der Waals surface area contributed by atoms with Gasteiger partial charge < -0.3 is 9.47 Å². The lowest BCUT2D eigenvalue weighted by Gasteiger charge is -2.16. The number of rotatable bonds is 1. The SMILES string of the molecule is COc1ccccc1C#CC1C[C@H]2O[C@@H]1c1ccccc12. The Bertz CT molecular complexity index is 738. The quantitative estimate of drug-likeness (QED) is 0.736. The number of para-hydroxylation sites is 1. The minimum absolute atomic E-state index is 0.133. The van der Waals surface area contributed by atoms with Crippen molar-refractivity contribution in [2.24, 2.45) is 5.92 Å². The second-order valence-corrected chi connectivity index (χ2v) is 5.49. The summed E-state index contributed by atoms with van der Waals surface area (Å²) in [5.41, 5.74) is 3.60. The molecule has 2 aromatic carbocycles. The van der Waals surface area contributed by atoms with E-state index in [0.29, 0.717) is 0 Å². The van der Waals surface area contributed by atoms with Crippen molar-refractivity contribution in [3.05, 3.63) is 65.2 Å². The minimum Gasteiger partial charge on any atom is -0.495 e. The highest BCUT2D eigenvalue weighted by Crippen LogP contribution is 2.53. The van der Waals surface area contributed by atoms with Crippen molar-refractivity contribution in [2.75, 3.05) is 7.11 Å². The fourth-order valence-corrected chi connectivity index (χ4v) is 3.29. The largest absolute Gasteiger partial charge is 0.495 e. The van der Waals surface area contributed by atoms with Gasteiger partial charge in [0.25, 0.3) is 0 Å². The molecule has 3 atom stereocenters. The third-order valence-electron chi connectivity index (χ3n) is 4.29. The van der Waals surface area contributed by atoms with Crippen LogP contribution >= 0.6 is 0 Å². The molecule has 2 heterocycles. The van der Waals surface area contributed by atoms with Crippen molar-refractivity contribution in [1.29, 1.82) is 0 Å². The standard InChI is InChI=1S/C19H16O2/c1-20-17-9-5-2-6-13(17)10-11-14-12-18-15-7-3-4-8-16(15)19(14)21-18/h2-9,14,18-19H,12H2,1H3/t14?,18-,19+/m1/s1. The normalized spacial score (nSPS) is 25.1. The van der Waals surface area contributed by atoms with Crippen LogP contribution in [-0.2, 0) is 4.74 Å². The van der Waals surface area contributed by atoms with Crippen LogP contribution in [0, 0.1) is 17.8 Å². The van der Waals surface area contributed by atoms with Gasteiger partial charge >= 0.3 is 0 Å². The number of methoxy groups -OCH3 is 1. The maximum Gasteiger partial charge on any atom is 0.134 e. The van der Waals surface area contributed by atoms with E-state index in [2.05, 4.69) is 36.1 Å². The van der Waals surface area contributed by atoms with Crippen LogP contribution in [0.4, 0.5) is 0 Å². The number of hydrogen-bond donors (Lipinski definition) is 0. The van der Waals surface area contributed by atoms with Crippen LogP contribution in [-0.4, -0.2) is 7.11 Å². The monoisotopic (exact) mass is 276 g/mol. The van der Waals surface area contributed by atoms with E-state index >= 15 is 0 Å². The third-order valence-corrected chi connectivity index (χ3v) is 4.29. The minimum atomic E-state index is 0.133. The Balaban J connectivity index is 1.63. The summed E-state index contributed by atoms with van der Waals surface area (Å²) >= 11 is 0. The Kier molecular flexibility index (Phi) is 2.94. The lowest BCUT2D eigenvalue weighted by atomic mass is 9.84. The van der Waals surface area contributed by atoms with Crippen LogP contribution in [0.2, 0.25) is 0 Å². The van der Waals surface area contributed by atoms with Crippen LogP contribution in [0.5, 0.6) is 5.75 Å². The summed E-state index contributed by atoms with van der Waals surface area (Å²) in [6.07, 6.45) is 1.35. The molecule has 0 spiro atoms. The second kappa shape index (κ2) is 4.95. The predicted molar refractivity (Wildman–Crippen MR) is 81.0 cm³/mol. The molecule has 2 heteroatoms. The Morgan fingerprint density at radius 3 is 2.67 bits per heavy atom. The molecule has 0 saturated carbocycles. The fraction of sp³-hybridized carbons (Fsp3) is 0.263. The lowest BCUT2D eigenvalue weighted by Crippen LogP contribution is -2.08. The van der Waals surface area contributed by atoms with E-state index in [1.165, 1.54) is 11.1 Å². The number of ether oxygens (including phenoxy) is 2. The second-order valence-electron chi connectivity index (χ2n) is 5.49. The van der Waals surface area contributed by atoms with Gasteiger partial charge in [0.05, 0.1) is 30.8 Å². The van der Waals surface area contributed by atoms with Crippen molar-refractivity contribution in [1.82, 2.24) is 0 Å². The molecule has 104 valence electrons. The van der Waals surface area contributed by atoms with Gasteiger partial charge in [0.1, 0.15) is 5.75 Å². The van der Waals surface area contributed by atoms with Crippen molar-refractivity contribution in [3.63, 3.8) is 0 Å². The maximum absolute atomic E-state index is 6.07. The molecular weight excluding hydrogens is 260 g/mol. The molecule has 1 unspecified atom stereocenters. The third kappa shape index (κ3) is 2.02. The van der Waals surface area contributed by atoms with Gasteiger partial charge in [0.15, 0.2) is 0 Å². The molecule has 0 aromatic heterocycles. The Labute approximate surface area is 124 Å². The molecule has 2 aliphatic rings. The van der Waals surface area contributed by atoms with E-state index < -0.39 is 0 Å². The molecular formula is C19H16O2. The molecule has 1 fully saturated rings. The maximum atomic E-state index is 6.07. The van der Waals surface area contributed by atoms with E-state index in [9.17, 15) is 0 Å². The van der Waals surface area contributed by atoms with Crippen molar-refractivity contribution in [2.45, 2.75) is 18.6 Å². The summed E-state index contributed by atoms with van der Waals surface area (Å²) in [6.45, 7) is 0. The molecule has 1 saturated heterocycles. The molecule has 4 rings (SSSR count). The van der Waals surface area contributed by atoms with Gasteiger partial charge in [-0.3, -0.25) is 0 Å². The molecule has 2 bridgehead atoms. The van der Waals surface area contributed by atoms with Gasteiger partial charge in [-0.05, 0) is 29.7 Å². The van der Waals surface area contributed by atoms with E-state index in [1.807, 2.05) is 24.3 Å². The van der Waals surface area contributed by atoms with E-state index in [-0.39, 0.29) is 18.1 Å². The van der Waals surface area contributed by atoms with Gasteiger partial charge in [-0.25, -0.2) is 0 Å². The number of fused-ring (bicyclic) bond motifs is 5. The van der Waals surface area contributed by atoms with Gasteiger partial charge in [0.2, 0.25) is 0 Å². The van der Waals surface area contributed by atoms with Crippen LogP contribution in [0.3, 0.4) is 0 Å². The molecule has 0 N–H and O–H groups in total.